The molecular weight excluding hydrogens is 380 g/mol. The first-order chi connectivity index (χ1) is 14.6. The lowest BCUT2D eigenvalue weighted by molar-refractivity contribution is -0.137. The number of benzene rings is 2. The minimum atomic E-state index is -0.378. The maximum absolute atomic E-state index is 12.2. The molecule has 0 unspecified atom stereocenters. The van der Waals surface area contributed by atoms with Crippen LogP contribution >= 0.6 is 0 Å². The number of carbonyl (C=O) groups excluding carboxylic acids is 2. The van der Waals surface area contributed by atoms with Crippen LogP contribution in [0.25, 0.3) is 17.4 Å². The van der Waals surface area contributed by atoms with E-state index in [0.717, 1.165) is 16.9 Å². The lowest BCUT2D eigenvalue weighted by Crippen LogP contribution is -2.11. The van der Waals surface area contributed by atoms with Gasteiger partial charge in [0.05, 0.1) is 12.8 Å². The Kier molecular flexibility index (Phi) is 7.55. The van der Waals surface area contributed by atoms with Crippen LogP contribution in [0.3, 0.4) is 0 Å². The van der Waals surface area contributed by atoms with E-state index in [1.165, 1.54) is 6.08 Å². The smallest absolute Gasteiger partial charge is 0.330 e. The molecule has 0 aliphatic carbocycles. The monoisotopic (exact) mass is 404 g/mol. The zero-order valence-electron chi connectivity index (χ0n) is 16.8. The first-order valence-electron chi connectivity index (χ1n) is 9.89. The van der Waals surface area contributed by atoms with E-state index in [9.17, 15) is 9.59 Å². The number of esters is 1. The molecule has 0 aliphatic heterocycles. The molecule has 0 fully saturated rings. The van der Waals surface area contributed by atoms with Gasteiger partial charge in [-0.1, -0.05) is 42.5 Å². The van der Waals surface area contributed by atoms with Crippen LogP contribution in [-0.2, 0) is 20.7 Å². The number of oxazole rings is 1. The van der Waals surface area contributed by atoms with Gasteiger partial charge in [0.25, 0.3) is 0 Å². The largest absolute Gasteiger partial charge is 0.463 e. The van der Waals surface area contributed by atoms with Crippen molar-refractivity contribution in [3.8, 4) is 11.3 Å². The van der Waals surface area contributed by atoms with Gasteiger partial charge in [-0.15, -0.1) is 0 Å². The number of ether oxygens (including phenoxy) is 1. The van der Waals surface area contributed by atoms with Crippen molar-refractivity contribution >= 4 is 23.6 Å². The predicted molar refractivity (Wildman–Crippen MR) is 116 cm³/mol. The standard InChI is InChI=1S/C24H24N2O4/c1-2-29-24(28)16-13-18-11-14-20(15-12-18)26-22(27)9-6-10-23-25-17-21(30-23)19-7-4-3-5-8-19/h3-5,7-8,11-17H,2,6,9-10H2,1H3,(H,26,27)/b16-13+. The van der Waals surface area contributed by atoms with Gasteiger partial charge in [-0.3, -0.25) is 4.79 Å². The highest BCUT2D eigenvalue weighted by molar-refractivity contribution is 5.91. The van der Waals surface area contributed by atoms with Crippen LogP contribution in [0.1, 0.15) is 31.2 Å². The van der Waals surface area contributed by atoms with Crippen LogP contribution in [0.2, 0.25) is 0 Å². The molecule has 30 heavy (non-hydrogen) atoms. The summed E-state index contributed by atoms with van der Waals surface area (Å²) in [5.41, 5.74) is 2.53. The Balaban J connectivity index is 1.43. The van der Waals surface area contributed by atoms with Crippen LogP contribution in [0, 0.1) is 0 Å². The summed E-state index contributed by atoms with van der Waals surface area (Å²) in [5, 5.41) is 2.87. The van der Waals surface area contributed by atoms with Gasteiger partial charge in [0.15, 0.2) is 11.7 Å². The van der Waals surface area contributed by atoms with E-state index in [4.69, 9.17) is 9.15 Å². The number of hydrogen-bond donors (Lipinski definition) is 1. The molecule has 0 saturated heterocycles. The fourth-order valence-corrected chi connectivity index (χ4v) is 2.82. The maximum Gasteiger partial charge on any atom is 0.330 e. The van der Waals surface area contributed by atoms with Crippen LogP contribution < -0.4 is 5.32 Å². The van der Waals surface area contributed by atoms with Gasteiger partial charge in [-0.25, -0.2) is 9.78 Å². The van der Waals surface area contributed by atoms with Gasteiger partial charge < -0.3 is 14.5 Å². The average molecular weight is 404 g/mol. The highest BCUT2D eigenvalue weighted by Crippen LogP contribution is 2.20. The van der Waals surface area contributed by atoms with E-state index in [2.05, 4.69) is 10.3 Å². The molecule has 3 rings (SSSR count). The van der Waals surface area contributed by atoms with E-state index in [1.807, 2.05) is 42.5 Å². The third-order valence-corrected chi connectivity index (χ3v) is 4.30. The number of aryl methyl sites for hydroxylation is 1. The third-order valence-electron chi connectivity index (χ3n) is 4.30. The molecule has 0 spiro atoms. The van der Waals surface area contributed by atoms with Gasteiger partial charge in [-0.05, 0) is 37.1 Å². The second-order valence-corrected chi connectivity index (χ2v) is 6.59. The lowest BCUT2D eigenvalue weighted by Gasteiger charge is -2.05. The normalized spacial score (nSPS) is 10.8. The zero-order chi connectivity index (χ0) is 21.2. The van der Waals surface area contributed by atoms with Crippen molar-refractivity contribution in [3.05, 3.63) is 78.3 Å². The summed E-state index contributed by atoms with van der Waals surface area (Å²) in [6.45, 7) is 2.11. The average Bonchev–Trinajstić information content (AvgIpc) is 3.23. The Labute approximate surface area is 175 Å². The van der Waals surface area contributed by atoms with E-state index >= 15 is 0 Å². The highest BCUT2D eigenvalue weighted by Gasteiger charge is 2.08. The maximum atomic E-state index is 12.2. The molecule has 1 N–H and O–H groups in total. The fourth-order valence-electron chi connectivity index (χ4n) is 2.82. The Hall–Kier alpha value is -3.67. The molecular formula is C24H24N2O4. The molecule has 0 aliphatic rings. The lowest BCUT2D eigenvalue weighted by atomic mass is 10.2. The molecule has 0 bridgehead atoms. The molecule has 6 heteroatoms. The molecule has 2 aromatic carbocycles. The van der Waals surface area contributed by atoms with Crippen molar-refractivity contribution in [1.82, 2.24) is 4.98 Å². The van der Waals surface area contributed by atoms with Gasteiger partial charge in [0.2, 0.25) is 5.91 Å². The second-order valence-electron chi connectivity index (χ2n) is 6.59. The van der Waals surface area contributed by atoms with Gasteiger partial charge >= 0.3 is 5.97 Å². The number of aromatic nitrogens is 1. The van der Waals surface area contributed by atoms with Crippen molar-refractivity contribution in [1.29, 1.82) is 0 Å². The Morgan fingerprint density at radius 2 is 1.87 bits per heavy atom. The summed E-state index contributed by atoms with van der Waals surface area (Å²) in [6, 6.07) is 17.0. The molecule has 0 saturated carbocycles. The first kappa shape index (κ1) is 21.0. The number of nitrogens with one attached hydrogen (secondary N) is 1. The number of anilines is 1. The number of amides is 1. The van der Waals surface area contributed by atoms with E-state index in [1.54, 1.807) is 31.3 Å². The molecule has 0 radical (unpaired) electrons. The Bertz CT molecular complexity index is 992. The number of nitrogens with zero attached hydrogens (tertiary/aromatic N) is 1. The summed E-state index contributed by atoms with van der Waals surface area (Å²) in [4.78, 5) is 27.8. The highest BCUT2D eigenvalue weighted by atomic mass is 16.5. The molecule has 6 nitrogen and oxygen atoms in total. The second kappa shape index (κ2) is 10.8. The summed E-state index contributed by atoms with van der Waals surface area (Å²) >= 11 is 0. The zero-order valence-corrected chi connectivity index (χ0v) is 16.8. The van der Waals surface area contributed by atoms with E-state index < -0.39 is 0 Å². The SMILES string of the molecule is CCOC(=O)/C=C/c1ccc(NC(=O)CCCc2ncc(-c3ccccc3)o2)cc1. The molecule has 1 aromatic heterocycles. The van der Waals surface area contributed by atoms with Crippen LogP contribution in [0.4, 0.5) is 5.69 Å². The van der Waals surface area contributed by atoms with Crippen molar-refractivity contribution in [2.75, 3.05) is 11.9 Å². The van der Waals surface area contributed by atoms with Crippen molar-refractivity contribution in [2.45, 2.75) is 26.2 Å². The minimum Gasteiger partial charge on any atom is -0.463 e. The molecule has 1 heterocycles. The van der Waals surface area contributed by atoms with E-state index in [0.29, 0.717) is 37.4 Å². The van der Waals surface area contributed by atoms with Gasteiger partial charge in [-0.2, -0.15) is 0 Å². The minimum absolute atomic E-state index is 0.0698. The fraction of sp³-hybridized carbons (Fsp3) is 0.208. The Morgan fingerprint density at radius 1 is 1.10 bits per heavy atom. The van der Waals surface area contributed by atoms with Gasteiger partial charge in [0.1, 0.15) is 0 Å². The molecule has 1 amide bonds. The number of hydrogen-bond acceptors (Lipinski definition) is 5. The van der Waals surface area contributed by atoms with Crippen molar-refractivity contribution < 1.29 is 18.7 Å². The number of rotatable bonds is 9. The molecule has 0 atom stereocenters. The van der Waals surface area contributed by atoms with Crippen LogP contribution in [-0.4, -0.2) is 23.5 Å². The summed E-state index contributed by atoms with van der Waals surface area (Å²) in [5.74, 6) is 0.906. The van der Waals surface area contributed by atoms with Gasteiger partial charge in [0, 0.05) is 30.2 Å². The van der Waals surface area contributed by atoms with E-state index in [-0.39, 0.29) is 11.9 Å². The first-order valence-corrected chi connectivity index (χ1v) is 9.89. The quantitative estimate of drug-likeness (QED) is 0.406. The summed E-state index contributed by atoms with van der Waals surface area (Å²) < 4.78 is 10.6. The van der Waals surface area contributed by atoms with Crippen molar-refractivity contribution in [2.24, 2.45) is 0 Å². The third kappa shape index (κ3) is 6.44. The summed E-state index contributed by atoms with van der Waals surface area (Å²) in [6.07, 6.45) is 6.36. The number of carbonyl (C=O) groups is 2. The van der Waals surface area contributed by atoms with Crippen LogP contribution in [0.15, 0.2) is 71.3 Å². The Morgan fingerprint density at radius 3 is 2.60 bits per heavy atom. The molecule has 154 valence electrons. The van der Waals surface area contributed by atoms with Crippen molar-refractivity contribution in [3.63, 3.8) is 0 Å². The predicted octanol–water partition coefficient (Wildman–Crippen LogP) is 4.88. The van der Waals surface area contributed by atoms with Crippen LogP contribution in [0.5, 0.6) is 0 Å². The topological polar surface area (TPSA) is 81.4 Å². The summed E-state index contributed by atoms with van der Waals surface area (Å²) in [7, 11) is 0. The molecule has 3 aromatic rings.